The van der Waals surface area contributed by atoms with Crippen LogP contribution in [0.4, 0.5) is 5.69 Å². The van der Waals surface area contributed by atoms with Gasteiger partial charge in [0, 0.05) is 5.69 Å². The summed E-state index contributed by atoms with van der Waals surface area (Å²) in [4.78, 5) is 11.5. The van der Waals surface area contributed by atoms with Crippen LogP contribution in [0.1, 0.15) is 31.9 Å². The zero-order chi connectivity index (χ0) is 12.1. The molecule has 16 heavy (non-hydrogen) atoms. The molecule has 1 rings (SSSR count). The van der Waals surface area contributed by atoms with E-state index in [0.29, 0.717) is 0 Å². The highest BCUT2D eigenvalue weighted by Gasteiger charge is 2.13. The summed E-state index contributed by atoms with van der Waals surface area (Å²) < 4.78 is 0. The Labute approximate surface area is 96.5 Å². The smallest absolute Gasteiger partial charge is 0.252 e. The van der Waals surface area contributed by atoms with Gasteiger partial charge >= 0.3 is 0 Å². The van der Waals surface area contributed by atoms with Crippen molar-refractivity contribution in [1.29, 1.82) is 0 Å². The highest BCUT2D eigenvalue weighted by Crippen LogP contribution is 2.22. The number of carbonyl (C=O) groups excluding carboxylic acids is 1. The first-order chi connectivity index (χ1) is 7.60. The van der Waals surface area contributed by atoms with E-state index >= 15 is 0 Å². The normalized spacial score (nSPS) is 12.2. The van der Waals surface area contributed by atoms with Crippen LogP contribution in [0, 0.1) is 0 Å². The minimum atomic E-state index is -0.977. The maximum Gasteiger partial charge on any atom is 0.252 e. The average Bonchev–Trinajstić information content (AvgIpc) is 2.29. The van der Waals surface area contributed by atoms with E-state index in [1.807, 2.05) is 32.0 Å². The molecular formula is C13H19NO2. The quantitative estimate of drug-likeness (QED) is 0.818. The first-order valence-electron chi connectivity index (χ1n) is 5.69. The van der Waals surface area contributed by atoms with Crippen LogP contribution < -0.4 is 5.32 Å². The highest BCUT2D eigenvalue weighted by molar-refractivity contribution is 5.95. The van der Waals surface area contributed by atoms with E-state index in [-0.39, 0.29) is 5.91 Å². The van der Waals surface area contributed by atoms with Crippen molar-refractivity contribution in [3.63, 3.8) is 0 Å². The number of carbonyl (C=O) groups is 1. The molecule has 0 bridgehead atoms. The molecule has 0 saturated heterocycles. The summed E-state index contributed by atoms with van der Waals surface area (Å²) in [6.07, 6.45) is 0.751. The van der Waals surface area contributed by atoms with Crippen LogP contribution >= 0.6 is 0 Å². The SMILES string of the molecule is CCc1cccc(CC)c1NC(=O)C(C)O. The number of aliphatic hydroxyl groups excluding tert-OH is 1. The Morgan fingerprint density at radius 3 is 2.19 bits per heavy atom. The van der Waals surface area contributed by atoms with E-state index in [4.69, 9.17) is 0 Å². The predicted octanol–water partition coefficient (Wildman–Crippen LogP) is 2.13. The molecule has 0 aromatic heterocycles. The van der Waals surface area contributed by atoms with E-state index in [1.54, 1.807) is 0 Å². The molecule has 0 radical (unpaired) electrons. The molecule has 1 unspecified atom stereocenters. The molecule has 0 fully saturated rings. The molecule has 1 aromatic rings. The summed E-state index contributed by atoms with van der Waals surface area (Å²) in [5.74, 6) is -0.351. The van der Waals surface area contributed by atoms with Gasteiger partial charge < -0.3 is 10.4 Å². The molecule has 0 spiro atoms. The number of aryl methyl sites for hydroxylation is 2. The lowest BCUT2D eigenvalue weighted by molar-refractivity contribution is -0.123. The first kappa shape index (κ1) is 12.7. The minimum Gasteiger partial charge on any atom is -0.384 e. The van der Waals surface area contributed by atoms with Crippen molar-refractivity contribution in [1.82, 2.24) is 0 Å². The Hall–Kier alpha value is -1.35. The molecule has 1 atom stereocenters. The standard InChI is InChI=1S/C13H19NO2/c1-4-10-7-6-8-11(5-2)12(10)14-13(16)9(3)15/h6-9,15H,4-5H2,1-3H3,(H,14,16). The van der Waals surface area contributed by atoms with Gasteiger partial charge in [-0.25, -0.2) is 0 Å². The van der Waals surface area contributed by atoms with Crippen LogP contribution in [-0.2, 0) is 17.6 Å². The maximum absolute atomic E-state index is 11.5. The number of amides is 1. The Morgan fingerprint density at radius 1 is 1.31 bits per heavy atom. The summed E-state index contributed by atoms with van der Waals surface area (Å²) >= 11 is 0. The number of aliphatic hydroxyl groups is 1. The molecular weight excluding hydrogens is 202 g/mol. The van der Waals surface area contributed by atoms with Crippen LogP contribution in [0.3, 0.4) is 0 Å². The summed E-state index contributed by atoms with van der Waals surface area (Å²) in [6, 6.07) is 5.99. The molecule has 3 nitrogen and oxygen atoms in total. The van der Waals surface area contributed by atoms with Gasteiger partial charge in [0.15, 0.2) is 0 Å². The largest absolute Gasteiger partial charge is 0.384 e. The number of hydrogen-bond donors (Lipinski definition) is 2. The van der Waals surface area contributed by atoms with Gasteiger partial charge in [0.25, 0.3) is 5.91 Å². The van der Waals surface area contributed by atoms with Gasteiger partial charge in [-0.2, -0.15) is 0 Å². The highest BCUT2D eigenvalue weighted by atomic mass is 16.3. The van der Waals surface area contributed by atoms with E-state index in [2.05, 4.69) is 5.32 Å². The Balaban J connectivity index is 3.04. The topological polar surface area (TPSA) is 49.3 Å². The van der Waals surface area contributed by atoms with Crippen LogP contribution in [0.25, 0.3) is 0 Å². The summed E-state index contributed by atoms with van der Waals surface area (Å²) in [6.45, 7) is 5.56. The van der Waals surface area contributed by atoms with Crippen molar-refractivity contribution in [2.75, 3.05) is 5.32 Å². The molecule has 0 saturated carbocycles. The van der Waals surface area contributed by atoms with Crippen molar-refractivity contribution in [3.8, 4) is 0 Å². The third-order valence-electron chi connectivity index (χ3n) is 2.63. The van der Waals surface area contributed by atoms with Crippen LogP contribution in [0.15, 0.2) is 18.2 Å². The van der Waals surface area contributed by atoms with Crippen molar-refractivity contribution < 1.29 is 9.90 Å². The van der Waals surface area contributed by atoms with Gasteiger partial charge in [0.05, 0.1) is 0 Å². The number of rotatable bonds is 4. The van der Waals surface area contributed by atoms with Crippen molar-refractivity contribution in [2.45, 2.75) is 39.7 Å². The Morgan fingerprint density at radius 2 is 1.81 bits per heavy atom. The molecule has 0 aliphatic heterocycles. The molecule has 0 heterocycles. The fraction of sp³-hybridized carbons (Fsp3) is 0.462. The summed E-state index contributed by atoms with van der Waals surface area (Å²) in [5.41, 5.74) is 3.07. The molecule has 88 valence electrons. The van der Waals surface area contributed by atoms with Crippen LogP contribution in [0.5, 0.6) is 0 Å². The maximum atomic E-state index is 11.5. The van der Waals surface area contributed by atoms with Gasteiger partial charge in [0.1, 0.15) is 6.10 Å². The number of hydrogen-bond acceptors (Lipinski definition) is 2. The third-order valence-corrected chi connectivity index (χ3v) is 2.63. The second-order valence-electron chi connectivity index (χ2n) is 3.82. The van der Waals surface area contributed by atoms with E-state index < -0.39 is 6.10 Å². The van der Waals surface area contributed by atoms with E-state index in [9.17, 15) is 9.90 Å². The lowest BCUT2D eigenvalue weighted by Crippen LogP contribution is -2.25. The number of nitrogens with one attached hydrogen (secondary N) is 1. The predicted molar refractivity (Wildman–Crippen MR) is 65.5 cm³/mol. The second kappa shape index (κ2) is 5.66. The molecule has 1 amide bonds. The average molecular weight is 221 g/mol. The summed E-state index contributed by atoms with van der Waals surface area (Å²) in [7, 11) is 0. The van der Waals surface area contributed by atoms with Crippen molar-refractivity contribution >= 4 is 11.6 Å². The van der Waals surface area contributed by atoms with Gasteiger partial charge in [0.2, 0.25) is 0 Å². The monoisotopic (exact) mass is 221 g/mol. The first-order valence-corrected chi connectivity index (χ1v) is 5.69. The van der Waals surface area contributed by atoms with Gasteiger partial charge in [-0.05, 0) is 30.9 Å². The number of benzene rings is 1. The number of anilines is 1. The molecule has 2 N–H and O–H groups in total. The minimum absolute atomic E-state index is 0.351. The molecule has 0 aliphatic carbocycles. The fourth-order valence-corrected chi connectivity index (χ4v) is 1.63. The lowest BCUT2D eigenvalue weighted by Gasteiger charge is -2.15. The molecule has 3 heteroatoms. The number of para-hydroxylation sites is 1. The van der Waals surface area contributed by atoms with Gasteiger partial charge in [-0.3, -0.25) is 4.79 Å². The van der Waals surface area contributed by atoms with Crippen LogP contribution in [-0.4, -0.2) is 17.1 Å². The zero-order valence-corrected chi connectivity index (χ0v) is 10.1. The molecule has 1 aromatic carbocycles. The van der Waals surface area contributed by atoms with Crippen molar-refractivity contribution in [3.05, 3.63) is 29.3 Å². The fourth-order valence-electron chi connectivity index (χ4n) is 1.63. The second-order valence-corrected chi connectivity index (χ2v) is 3.82. The zero-order valence-electron chi connectivity index (χ0n) is 10.1. The third kappa shape index (κ3) is 2.83. The Bertz CT molecular complexity index is 350. The Kier molecular flexibility index (Phi) is 4.50. The van der Waals surface area contributed by atoms with E-state index in [1.165, 1.54) is 6.92 Å². The van der Waals surface area contributed by atoms with Crippen LogP contribution in [0.2, 0.25) is 0 Å². The summed E-state index contributed by atoms with van der Waals surface area (Å²) in [5, 5.41) is 12.0. The van der Waals surface area contributed by atoms with E-state index in [0.717, 1.165) is 29.7 Å². The van der Waals surface area contributed by atoms with Gasteiger partial charge in [-0.1, -0.05) is 32.0 Å². The van der Waals surface area contributed by atoms with Crippen molar-refractivity contribution in [2.24, 2.45) is 0 Å². The molecule has 0 aliphatic rings. The lowest BCUT2D eigenvalue weighted by atomic mass is 10.0. The van der Waals surface area contributed by atoms with Gasteiger partial charge in [-0.15, -0.1) is 0 Å².